The normalized spacial score (nSPS) is 24.6. The first kappa shape index (κ1) is 34.0. The van der Waals surface area contributed by atoms with E-state index >= 15 is 0 Å². The summed E-state index contributed by atoms with van der Waals surface area (Å²) < 4.78 is 18.9. The molecule has 7 heteroatoms. The van der Waals surface area contributed by atoms with Crippen molar-refractivity contribution in [2.24, 2.45) is 11.8 Å². The summed E-state index contributed by atoms with van der Waals surface area (Å²) in [4.78, 5) is 4.67. The SMILES string of the molecule is CC(C)N(Cc1ccccc1)CC(O)CC1CCCOC1OC1OCCCC1CC(O)CN(Cc1ccccc1)C(C)C. The van der Waals surface area contributed by atoms with Gasteiger partial charge in [-0.15, -0.1) is 0 Å². The zero-order valence-corrected chi connectivity index (χ0v) is 26.9. The van der Waals surface area contributed by atoms with Gasteiger partial charge in [-0.05, 0) is 77.3 Å². The Balaban J connectivity index is 1.31. The molecule has 0 radical (unpaired) electrons. The Kier molecular flexibility index (Phi) is 13.9. The highest BCUT2D eigenvalue weighted by atomic mass is 16.8. The average molecular weight is 597 g/mol. The van der Waals surface area contributed by atoms with E-state index < -0.39 is 24.8 Å². The van der Waals surface area contributed by atoms with E-state index in [-0.39, 0.29) is 11.8 Å². The Morgan fingerprint density at radius 1 is 0.674 bits per heavy atom. The number of hydrogen-bond acceptors (Lipinski definition) is 7. The van der Waals surface area contributed by atoms with Crippen LogP contribution in [0, 0.1) is 11.8 Å². The van der Waals surface area contributed by atoms with Gasteiger partial charge in [-0.1, -0.05) is 60.7 Å². The summed E-state index contributed by atoms with van der Waals surface area (Å²) in [5.41, 5.74) is 2.51. The zero-order chi connectivity index (χ0) is 30.6. The van der Waals surface area contributed by atoms with Crippen molar-refractivity contribution in [3.05, 3.63) is 71.8 Å². The molecule has 6 atom stereocenters. The summed E-state index contributed by atoms with van der Waals surface area (Å²) in [7, 11) is 0. The summed E-state index contributed by atoms with van der Waals surface area (Å²) >= 11 is 0. The predicted octanol–water partition coefficient (Wildman–Crippen LogP) is 5.83. The Bertz CT molecular complexity index is 941. The lowest BCUT2D eigenvalue weighted by molar-refractivity contribution is -0.300. The first-order valence-corrected chi connectivity index (χ1v) is 16.6. The molecular weight excluding hydrogens is 540 g/mol. The van der Waals surface area contributed by atoms with E-state index in [1.165, 1.54) is 11.1 Å². The van der Waals surface area contributed by atoms with Crippen LogP contribution in [-0.4, -0.2) is 83.2 Å². The molecule has 43 heavy (non-hydrogen) atoms. The van der Waals surface area contributed by atoms with Gasteiger partial charge >= 0.3 is 0 Å². The maximum Gasteiger partial charge on any atom is 0.163 e. The quantitative estimate of drug-likeness (QED) is 0.253. The second kappa shape index (κ2) is 17.6. The number of aliphatic hydroxyl groups excluding tert-OH is 2. The summed E-state index contributed by atoms with van der Waals surface area (Å²) in [5.74, 6) is 0.209. The van der Waals surface area contributed by atoms with Gasteiger partial charge in [0.25, 0.3) is 0 Å². The number of aliphatic hydroxyl groups is 2. The van der Waals surface area contributed by atoms with Crippen molar-refractivity contribution >= 4 is 0 Å². The van der Waals surface area contributed by atoms with Crippen LogP contribution in [0.2, 0.25) is 0 Å². The van der Waals surface area contributed by atoms with E-state index in [0.717, 1.165) is 38.8 Å². The van der Waals surface area contributed by atoms with E-state index in [1.54, 1.807) is 0 Å². The van der Waals surface area contributed by atoms with Crippen LogP contribution in [0.1, 0.15) is 77.3 Å². The van der Waals surface area contributed by atoms with Crippen LogP contribution >= 0.6 is 0 Å². The third-order valence-corrected chi connectivity index (χ3v) is 9.00. The van der Waals surface area contributed by atoms with Crippen LogP contribution in [-0.2, 0) is 27.3 Å². The van der Waals surface area contributed by atoms with Gasteiger partial charge in [0, 0.05) is 63.3 Å². The minimum absolute atomic E-state index is 0.105. The van der Waals surface area contributed by atoms with Crippen molar-refractivity contribution in [2.45, 2.75) is 116 Å². The predicted molar refractivity (Wildman–Crippen MR) is 171 cm³/mol. The molecule has 6 unspecified atom stereocenters. The molecule has 2 aromatic rings. The highest BCUT2D eigenvalue weighted by molar-refractivity contribution is 5.15. The zero-order valence-electron chi connectivity index (χ0n) is 26.9. The lowest BCUT2D eigenvalue weighted by Crippen LogP contribution is -2.45. The maximum atomic E-state index is 11.2. The Morgan fingerprint density at radius 2 is 1.07 bits per heavy atom. The van der Waals surface area contributed by atoms with E-state index in [1.807, 2.05) is 12.1 Å². The fourth-order valence-corrected chi connectivity index (χ4v) is 6.47. The van der Waals surface area contributed by atoms with Crippen molar-refractivity contribution < 1.29 is 24.4 Å². The molecule has 2 saturated heterocycles. The first-order valence-electron chi connectivity index (χ1n) is 16.6. The van der Waals surface area contributed by atoms with Crippen LogP contribution < -0.4 is 0 Å². The first-order chi connectivity index (χ1) is 20.8. The molecule has 0 saturated carbocycles. The third-order valence-electron chi connectivity index (χ3n) is 9.00. The molecule has 7 nitrogen and oxygen atoms in total. The Labute approximate surface area is 260 Å². The number of ether oxygens (including phenoxy) is 3. The summed E-state index contributed by atoms with van der Waals surface area (Å²) in [6.07, 6.45) is 3.37. The minimum Gasteiger partial charge on any atom is -0.392 e. The van der Waals surface area contributed by atoms with Crippen molar-refractivity contribution in [1.82, 2.24) is 9.80 Å². The molecule has 2 N–H and O–H groups in total. The molecule has 2 aliphatic rings. The monoisotopic (exact) mass is 596 g/mol. The van der Waals surface area contributed by atoms with Crippen molar-refractivity contribution in [1.29, 1.82) is 0 Å². The Morgan fingerprint density at radius 3 is 1.44 bits per heavy atom. The number of rotatable bonds is 16. The van der Waals surface area contributed by atoms with Crippen LogP contribution in [0.3, 0.4) is 0 Å². The van der Waals surface area contributed by atoms with Crippen LogP contribution in [0.25, 0.3) is 0 Å². The highest BCUT2D eigenvalue weighted by Gasteiger charge is 2.36. The lowest BCUT2D eigenvalue weighted by atomic mass is 9.91. The standard InChI is InChI=1S/C36H56N2O5/c1-27(2)37(23-29-13-7-5-8-14-29)25-33(39)21-31-17-11-19-41-35(31)43-36-32(18-12-20-42-36)22-34(40)26-38(28(3)4)24-30-15-9-6-10-16-30/h5-10,13-16,27-28,31-36,39-40H,11-12,17-26H2,1-4H3. The number of nitrogens with zero attached hydrogens (tertiary/aromatic N) is 2. The molecule has 2 fully saturated rings. The second-order valence-corrected chi connectivity index (χ2v) is 13.2. The van der Waals surface area contributed by atoms with Gasteiger partial charge in [-0.2, -0.15) is 0 Å². The molecule has 2 heterocycles. The largest absolute Gasteiger partial charge is 0.392 e. The average Bonchev–Trinajstić information content (AvgIpc) is 2.99. The van der Waals surface area contributed by atoms with Gasteiger partial charge in [0.05, 0.1) is 12.2 Å². The van der Waals surface area contributed by atoms with E-state index in [2.05, 4.69) is 86.0 Å². The fraction of sp³-hybridized carbons (Fsp3) is 0.667. The smallest absolute Gasteiger partial charge is 0.163 e. The molecular formula is C36H56N2O5. The van der Waals surface area contributed by atoms with E-state index in [0.29, 0.717) is 51.2 Å². The summed E-state index contributed by atoms with van der Waals surface area (Å²) in [5, 5.41) is 22.4. The molecule has 0 aliphatic carbocycles. The van der Waals surface area contributed by atoms with Gasteiger partial charge in [-0.25, -0.2) is 0 Å². The number of benzene rings is 2. The Hall–Kier alpha value is -1.84. The van der Waals surface area contributed by atoms with Crippen LogP contribution in [0.4, 0.5) is 0 Å². The lowest BCUT2D eigenvalue weighted by Gasteiger charge is -2.40. The molecule has 0 amide bonds. The number of hydrogen-bond donors (Lipinski definition) is 2. The summed E-state index contributed by atoms with van der Waals surface area (Å²) in [6.45, 7) is 12.9. The second-order valence-electron chi connectivity index (χ2n) is 13.2. The van der Waals surface area contributed by atoms with Gasteiger partial charge in [0.15, 0.2) is 12.6 Å². The molecule has 0 aromatic heterocycles. The molecule has 0 bridgehead atoms. The minimum atomic E-state index is -0.472. The molecule has 240 valence electrons. The molecule has 4 rings (SSSR count). The molecule has 2 aromatic carbocycles. The van der Waals surface area contributed by atoms with E-state index in [4.69, 9.17) is 14.2 Å². The third kappa shape index (κ3) is 11.2. The van der Waals surface area contributed by atoms with Gasteiger partial charge < -0.3 is 24.4 Å². The maximum absolute atomic E-state index is 11.2. The van der Waals surface area contributed by atoms with Crippen molar-refractivity contribution in [3.63, 3.8) is 0 Å². The fourth-order valence-electron chi connectivity index (χ4n) is 6.47. The van der Waals surface area contributed by atoms with Gasteiger partial charge in [0.1, 0.15) is 0 Å². The van der Waals surface area contributed by atoms with Gasteiger partial charge in [0.2, 0.25) is 0 Å². The van der Waals surface area contributed by atoms with E-state index in [9.17, 15) is 10.2 Å². The van der Waals surface area contributed by atoms with Crippen LogP contribution in [0.15, 0.2) is 60.7 Å². The highest BCUT2D eigenvalue weighted by Crippen LogP contribution is 2.33. The van der Waals surface area contributed by atoms with Crippen LogP contribution in [0.5, 0.6) is 0 Å². The van der Waals surface area contributed by atoms with Gasteiger partial charge in [-0.3, -0.25) is 9.80 Å². The molecule has 0 spiro atoms. The topological polar surface area (TPSA) is 74.6 Å². The van der Waals surface area contributed by atoms with Crippen molar-refractivity contribution in [3.8, 4) is 0 Å². The molecule has 2 aliphatic heterocycles. The summed E-state index contributed by atoms with van der Waals surface area (Å²) in [6, 6.07) is 21.5. The van der Waals surface area contributed by atoms with Crippen molar-refractivity contribution in [2.75, 3.05) is 26.3 Å².